The van der Waals surface area contributed by atoms with Crippen molar-refractivity contribution < 1.29 is 4.79 Å². The van der Waals surface area contributed by atoms with E-state index in [1.54, 1.807) is 0 Å². The lowest BCUT2D eigenvalue weighted by Gasteiger charge is -2.20. The monoisotopic (exact) mass is 259 g/mol. The molecule has 0 spiro atoms. The third-order valence-electron chi connectivity index (χ3n) is 2.89. The maximum atomic E-state index is 11.5. The average molecular weight is 259 g/mol. The lowest BCUT2D eigenvalue weighted by Crippen LogP contribution is -2.39. The maximum Gasteiger partial charge on any atom is 0.240 e. The zero-order valence-electron chi connectivity index (χ0n) is 10.9. The van der Waals surface area contributed by atoms with E-state index in [2.05, 4.69) is 15.3 Å². The summed E-state index contributed by atoms with van der Waals surface area (Å²) in [5.74, 6) is 0.317. The second-order valence-electron chi connectivity index (χ2n) is 4.72. The van der Waals surface area contributed by atoms with Crippen molar-refractivity contribution in [1.82, 2.24) is 9.97 Å². The summed E-state index contributed by atoms with van der Waals surface area (Å²) < 4.78 is 0. The largest absolute Gasteiger partial charge is 0.368 e. The number of fused-ring (bicyclic) bond motifs is 1. The van der Waals surface area contributed by atoms with E-state index in [-0.39, 0.29) is 11.9 Å². The molecule has 2 aromatic rings. The van der Waals surface area contributed by atoms with E-state index >= 15 is 0 Å². The molecule has 1 amide bonds. The molecule has 1 atom stereocenters. The van der Waals surface area contributed by atoms with E-state index in [1.807, 2.05) is 38.1 Å². The van der Waals surface area contributed by atoms with Crippen molar-refractivity contribution in [3.63, 3.8) is 0 Å². The van der Waals surface area contributed by atoms with Crippen LogP contribution in [0.3, 0.4) is 0 Å². The summed E-state index contributed by atoms with van der Waals surface area (Å²) in [7, 11) is 0. The number of benzene rings is 1. The Morgan fingerprint density at radius 1 is 1.26 bits per heavy atom. The minimum atomic E-state index is -0.502. The molecule has 2 rings (SSSR count). The highest BCUT2D eigenvalue weighted by atomic mass is 16.1. The molecule has 6 nitrogen and oxygen atoms in total. The molecule has 0 aliphatic rings. The number of hydrogen-bond donors (Lipinski definition) is 3. The Balaban J connectivity index is 2.47. The number of carbonyl (C=O) groups excluding carboxylic acids is 1. The van der Waals surface area contributed by atoms with Crippen molar-refractivity contribution in [2.24, 2.45) is 11.7 Å². The minimum Gasteiger partial charge on any atom is -0.368 e. The molecular weight excluding hydrogens is 242 g/mol. The van der Waals surface area contributed by atoms with E-state index in [1.165, 1.54) is 0 Å². The van der Waals surface area contributed by atoms with Gasteiger partial charge in [0.1, 0.15) is 11.9 Å². The van der Waals surface area contributed by atoms with Crippen LogP contribution in [-0.4, -0.2) is 21.9 Å². The third kappa shape index (κ3) is 2.73. The Bertz CT molecular complexity index is 611. The summed E-state index contributed by atoms with van der Waals surface area (Å²) >= 11 is 0. The fraction of sp³-hybridized carbons (Fsp3) is 0.308. The molecule has 0 bridgehead atoms. The van der Waals surface area contributed by atoms with E-state index in [0.717, 1.165) is 10.9 Å². The number of primary amides is 1. The predicted octanol–water partition coefficient (Wildman–Crippen LogP) is 1.13. The van der Waals surface area contributed by atoms with Gasteiger partial charge in [-0.05, 0) is 18.1 Å². The third-order valence-corrected chi connectivity index (χ3v) is 2.89. The molecule has 0 saturated carbocycles. The molecule has 0 radical (unpaired) electrons. The summed E-state index contributed by atoms with van der Waals surface area (Å²) in [6.07, 6.45) is 0. The molecule has 1 aromatic carbocycles. The Kier molecular flexibility index (Phi) is 3.50. The van der Waals surface area contributed by atoms with Crippen LogP contribution in [0.15, 0.2) is 24.3 Å². The first-order valence-corrected chi connectivity index (χ1v) is 6.07. The smallest absolute Gasteiger partial charge is 0.240 e. The number of para-hydroxylation sites is 1. The summed E-state index contributed by atoms with van der Waals surface area (Å²) in [5.41, 5.74) is 11.8. The molecule has 0 aliphatic carbocycles. The first-order valence-electron chi connectivity index (χ1n) is 6.07. The Hall–Kier alpha value is -2.37. The van der Waals surface area contributed by atoms with E-state index in [9.17, 15) is 4.79 Å². The van der Waals surface area contributed by atoms with Crippen molar-refractivity contribution in [2.45, 2.75) is 19.9 Å². The highest BCUT2D eigenvalue weighted by Crippen LogP contribution is 2.22. The zero-order valence-corrected chi connectivity index (χ0v) is 10.9. The molecule has 0 fully saturated rings. The van der Waals surface area contributed by atoms with Crippen molar-refractivity contribution in [3.8, 4) is 0 Å². The van der Waals surface area contributed by atoms with Gasteiger partial charge in [0.15, 0.2) is 0 Å². The molecular formula is C13H17N5O. The van der Waals surface area contributed by atoms with Crippen LogP contribution in [0.4, 0.5) is 11.8 Å². The van der Waals surface area contributed by atoms with Gasteiger partial charge in [0, 0.05) is 5.39 Å². The molecule has 0 aliphatic heterocycles. The van der Waals surface area contributed by atoms with Crippen LogP contribution in [0.2, 0.25) is 0 Å². The van der Waals surface area contributed by atoms with E-state index in [0.29, 0.717) is 5.82 Å². The lowest BCUT2D eigenvalue weighted by atomic mass is 10.0. The Morgan fingerprint density at radius 3 is 2.58 bits per heavy atom. The van der Waals surface area contributed by atoms with E-state index in [4.69, 9.17) is 11.5 Å². The number of anilines is 2. The second kappa shape index (κ2) is 5.09. The van der Waals surface area contributed by atoms with Gasteiger partial charge in [-0.3, -0.25) is 4.79 Å². The number of aromatic nitrogens is 2. The van der Waals surface area contributed by atoms with E-state index < -0.39 is 11.9 Å². The Morgan fingerprint density at radius 2 is 1.95 bits per heavy atom. The van der Waals surface area contributed by atoms with Crippen LogP contribution in [0.25, 0.3) is 10.9 Å². The van der Waals surface area contributed by atoms with Crippen LogP contribution >= 0.6 is 0 Å². The zero-order chi connectivity index (χ0) is 14.0. The van der Waals surface area contributed by atoms with Crippen molar-refractivity contribution in [3.05, 3.63) is 24.3 Å². The number of carbonyl (C=O) groups is 1. The Labute approximate surface area is 111 Å². The molecule has 19 heavy (non-hydrogen) atoms. The van der Waals surface area contributed by atoms with Crippen LogP contribution in [0.1, 0.15) is 13.8 Å². The SMILES string of the molecule is CC(C)C(Nc1nc(N)nc2ccccc12)C(N)=O. The first kappa shape index (κ1) is 13.1. The van der Waals surface area contributed by atoms with Gasteiger partial charge in [0.25, 0.3) is 0 Å². The summed E-state index contributed by atoms with van der Waals surface area (Å²) in [4.78, 5) is 19.7. The number of hydrogen-bond acceptors (Lipinski definition) is 5. The van der Waals surface area contributed by atoms with Gasteiger partial charge >= 0.3 is 0 Å². The molecule has 1 heterocycles. The average Bonchev–Trinajstić information content (AvgIpc) is 2.34. The fourth-order valence-corrected chi connectivity index (χ4v) is 1.92. The summed E-state index contributed by atoms with van der Waals surface area (Å²) in [5, 5.41) is 3.86. The van der Waals surface area contributed by atoms with Gasteiger partial charge in [0.2, 0.25) is 11.9 Å². The van der Waals surface area contributed by atoms with Gasteiger partial charge < -0.3 is 16.8 Å². The highest BCUT2D eigenvalue weighted by Gasteiger charge is 2.20. The number of nitrogens with two attached hydrogens (primary N) is 2. The molecule has 0 saturated heterocycles. The number of nitrogens with zero attached hydrogens (tertiary/aromatic N) is 2. The number of nitrogens with one attached hydrogen (secondary N) is 1. The van der Waals surface area contributed by atoms with Gasteiger partial charge in [-0.2, -0.15) is 4.98 Å². The molecule has 1 unspecified atom stereocenters. The van der Waals surface area contributed by atoms with Crippen molar-refractivity contribution in [2.75, 3.05) is 11.1 Å². The summed E-state index contributed by atoms with van der Waals surface area (Å²) in [6.45, 7) is 3.82. The molecule has 6 heteroatoms. The molecule has 100 valence electrons. The predicted molar refractivity (Wildman–Crippen MR) is 75.4 cm³/mol. The standard InChI is InChI=1S/C13H17N5O/c1-7(2)10(11(14)19)17-12-8-5-3-4-6-9(8)16-13(15)18-12/h3-7,10H,1-2H3,(H2,14,19)(H3,15,16,17,18). The lowest BCUT2D eigenvalue weighted by molar-refractivity contribution is -0.119. The topological polar surface area (TPSA) is 107 Å². The van der Waals surface area contributed by atoms with Gasteiger partial charge in [-0.25, -0.2) is 4.98 Å². The quantitative estimate of drug-likeness (QED) is 0.763. The van der Waals surface area contributed by atoms with Gasteiger partial charge in [-0.15, -0.1) is 0 Å². The number of rotatable bonds is 4. The van der Waals surface area contributed by atoms with Gasteiger partial charge in [0.05, 0.1) is 5.52 Å². The van der Waals surface area contributed by atoms with Crippen LogP contribution in [-0.2, 0) is 4.79 Å². The van der Waals surface area contributed by atoms with Crippen LogP contribution in [0.5, 0.6) is 0 Å². The van der Waals surface area contributed by atoms with Crippen LogP contribution < -0.4 is 16.8 Å². The van der Waals surface area contributed by atoms with Crippen molar-refractivity contribution in [1.29, 1.82) is 0 Å². The highest BCUT2D eigenvalue weighted by molar-refractivity contribution is 5.92. The second-order valence-corrected chi connectivity index (χ2v) is 4.72. The number of amides is 1. The normalized spacial score (nSPS) is 12.6. The first-order chi connectivity index (χ1) is 8.99. The molecule has 1 aromatic heterocycles. The fourth-order valence-electron chi connectivity index (χ4n) is 1.92. The summed E-state index contributed by atoms with van der Waals surface area (Å²) in [6, 6.07) is 6.95. The van der Waals surface area contributed by atoms with Crippen molar-refractivity contribution >= 4 is 28.6 Å². The minimum absolute atomic E-state index is 0.0486. The van der Waals surface area contributed by atoms with Gasteiger partial charge in [-0.1, -0.05) is 26.0 Å². The number of nitrogen functional groups attached to an aromatic ring is 1. The molecule has 5 N–H and O–H groups in total. The maximum absolute atomic E-state index is 11.5. The van der Waals surface area contributed by atoms with Crippen LogP contribution in [0, 0.1) is 5.92 Å².